The minimum absolute atomic E-state index is 0.143. The molecule has 0 aliphatic heterocycles. The summed E-state index contributed by atoms with van der Waals surface area (Å²) in [6, 6.07) is 0. The molecule has 0 atom stereocenters. The lowest BCUT2D eigenvalue weighted by Crippen LogP contribution is -2.42. The van der Waals surface area contributed by atoms with E-state index in [9.17, 15) is 0 Å². The number of hydrogen-bond acceptors (Lipinski definition) is 3. The molecule has 0 unspecified atom stereocenters. The molecule has 1 rings (SSSR count). The van der Waals surface area contributed by atoms with Gasteiger partial charge in [0.05, 0.1) is 6.54 Å². The third-order valence-corrected chi connectivity index (χ3v) is 3.06. The van der Waals surface area contributed by atoms with E-state index in [1.54, 1.807) is 11.0 Å². The SMILES string of the molecule is Cn1cnc(CN(CCC(C)(C)C)C(C)(C)C)n1. The lowest BCUT2D eigenvalue weighted by Gasteiger charge is -2.36. The number of hydrogen-bond donors (Lipinski definition) is 0. The van der Waals surface area contributed by atoms with E-state index in [-0.39, 0.29) is 5.54 Å². The van der Waals surface area contributed by atoms with Crippen molar-refractivity contribution in [3.8, 4) is 0 Å². The zero-order chi connectivity index (χ0) is 14.0. The fourth-order valence-corrected chi connectivity index (χ4v) is 1.75. The van der Waals surface area contributed by atoms with E-state index in [2.05, 4.69) is 56.5 Å². The van der Waals surface area contributed by atoms with Crippen LogP contribution in [0.15, 0.2) is 6.33 Å². The molecule has 0 N–H and O–H groups in total. The highest BCUT2D eigenvalue weighted by Crippen LogP contribution is 2.23. The third kappa shape index (κ3) is 5.17. The monoisotopic (exact) mass is 252 g/mol. The van der Waals surface area contributed by atoms with E-state index >= 15 is 0 Å². The normalized spacial score (nSPS) is 13.3. The van der Waals surface area contributed by atoms with E-state index < -0.39 is 0 Å². The van der Waals surface area contributed by atoms with Crippen molar-refractivity contribution in [3.63, 3.8) is 0 Å². The second-order valence-electron chi connectivity index (χ2n) is 7.24. The summed E-state index contributed by atoms with van der Waals surface area (Å²) in [6.45, 7) is 15.5. The van der Waals surface area contributed by atoms with Crippen LogP contribution in [0.2, 0.25) is 0 Å². The summed E-state index contributed by atoms with van der Waals surface area (Å²) in [6.07, 6.45) is 2.94. The van der Waals surface area contributed by atoms with Crippen molar-refractivity contribution < 1.29 is 0 Å². The molecular formula is C14H28N4. The van der Waals surface area contributed by atoms with Crippen molar-refractivity contribution in [1.82, 2.24) is 19.7 Å². The van der Waals surface area contributed by atoms with Crippen LogP contribution in [0.4, 0.5) is 0 Å². The molecule has 104 valence electrons. The topological polar surface area (TPSA) is 34.0 Å². The molecule has 0 saturated carbocycles. The molecule has 4 heteroatoms. The van der Waals surface area contributed by atoms with E-state index in [1.165, 1.54) is 6.42 Å². The van der Waals surface area contributed by atoms with Gasteiger partial charge in [-0.05, 0) is 39.2 Å². The quantitative estimate of drug-likeness (QED) is 0.826. The van der Waals surface area contributed by atoms with Crippen molar-refractivity contribution in [1.29, 1.82) is 0 Å². The number of aryl methyl sites for hydroxylation is 1. The summed E-state index contributed by atoms with van der Waals surface area (Å²) in [4.78, 5) is 6.78. The molecule has 4 nitrogen and oxygen atoms in total. The molecule has 0 amide bonds. The lowest BCUT2D eigenvalue weighted by atomic mass is 9.91. The van der Waals surface area contributed by atoms with Gasteiger partial charge in [0.1, 0.15) is 6.33 Å². The van der Waals surface area contributed by atoms with Crippen LogP contribution in [0.5, 0.6) is 0 Å². The van der Waals surface area contributed by atoms with E-state index in [4.69, 9.17) is 0 Å². The van der Waals surface area contributed by atoms with Gasteiger partial charge >= 0.3 is 0 Å². The molecule has 1 aromatic rings. The first-order chi connectivity index (χ1) is 8.08. The van der Waals surface area contributed by atoms with Crippen molar-refractivity contribution in [2.24, 2.45) is 12.5 Å². The van der Waals surface area contributed by atoms with Crippen LogP contribution in [0.3, 0.4) is 0 Å². The van der Waals surface area contributed by atoms with Crippen LogP contribution in [0.25, 0.3) is 0 Å². The highest BCUT2D eigenvalue weighted by atomic mass is 15.3. The molecule has 18 heavy (non-hydrogen) atoms. The van der Waals surface area contributed by atoms with Crippen LogP contribution in [0, 0.1) is 5.41 Å². The average Bonchev–Trinajstić information content (AvgIpc) is 2.55. The largest absolute Gasteiger partial charge is 0.291 e. The van der Waals surface area contributed by atoms with E-state index in [0.29, 0.717) is 5.41 Å². The van der Waals surface area contributed by atoms with E-state index in [0.717, 1.165) is 18.9 Å². The van der Waals surface area contributed by atoms with Crippen molar-refractivity contribution in [2.75, 3.05) is 6.54 Å². The van der Waals surface area contributed by atoms with E-state index in [1.807, 2.05) is 7.05 Å². The van der Waals surface area contributed by atoms with Crippen LogP contribution in [-0.4, -0.2) is 31.7 Å². The highest BCUT2D eigenvalue weighted by Gasteiger charge is 2.24. The maximum Gasteiger partial charge on any atom is 0.164 e. The molecular weight excluding hydrogens is 224 g/mol. The van der Waals surface area contributed by atoms with Gasteiger partial charge in [-0.3, -0.25) is 9.58 Å². The summed E-state index contributed by atoms with van der Waals surface area (Å²) in [5.74, 6) is 0.904. The van der Waals surface area contributed by atoms with Crippen LogP contribution < -0.4 is 0 Å². The Bertz CT molecular complexity index is 368. The van der Waals surface area contributed by atoms with Gasteiger partial charge in [-0.2, -0.15) is 5.10 Å². The summed E-state index contributed by atoms with van der Waals surface area (Å²) in [5, 5.41) is 4.37. The minimum Gasteiger partial charge on any atom is -0.291 e. The lowest BCUT2D eigenvalue weighted by molar-refractivity contribution is 0.107. The Morgan fingerprint density at radius 3 is 2.17 bits per heavy atom. The number of nitrogens with zero attached hydrogens (tertiary/aromatic N) is 4. The summed E-state index contributed by atoms with van der Waals surface area (Å²) >= 11 is 0. The highest BCUT2D eigenvalue weighted by molar-refractivity contribution is 4.86. The van der Waals surface area contributed by atoms with Gasteiger partial charge < -0.3 is 0 Å². The predicted octanol–water partition coefficient (Wildman–Crippen LogP) is 2.85. The second kappa shape index (κ2) is 5.39. The zero-order valence-electron chi connectivity index (χ0n) is 13.0. The fourth-order valence-electron chi connectivity index (χ4n) is 1.75. The molecule has 0 aliphatic carbocycles. The molecule has 0 bridgehead atoms. The first-order valence-corrected chi connectivity index (χ1v) is 6.67. The average molecular weight is 252 g/mol. The van der Waals surface area contributed by atoms with Crippen LogP contribution >= 0.6 is 0 Å². The predicted molar refractivity (Wildman–Crippen MR) is 75.2 cm³/mol. The fraction of sp³-hybridized carbons (Fsp3) is 0.857. The second-order valence-corrected chi connectivity index (χ2v) is 7.24. The Kier molecular flexibility index (Phi) is 4.54. The van der Waals surface area contributed by atoms with Gasteiger partial charge in [-0.25, -0.2) is 4.98 Å². The molecule has 0 aromatic carbocycles. The third-order valence-electron chi connectivity index (χ3n) is 3.06. The molecule has 0 radical (unpaired) electrons. The maximum absolute atomic E-state index is 4.37. The summed E-state index contributed by atoms with van der Waals surface area (Å²) < 4.78 is 1.76. The van der Waals surface area contributed by atoms with Gasteiger partial charge in [0.25, 0.3) is 0 Å². The first-order valence-electron chi connectivity index (χ1n) is 6.67. The van der Waals surface area contributed by atoms with Gasteiger partial charge in [-0.15, -0.1) is 0 Å². The number of aromatic nitrogens is 3. The smallest absolute Gasteiger partial charge is 0.164 e. The van der Waals surface area contributed by atoms with Crippen molar-refractivity contribution in [3.05, 3.63) is 12.2 Å². The van der Waals surface area contributed by atoms with Gasteiger partial charge in [0.2, 0.25) is 0 Å². The van der Waals surface area contributed by atoms with Crippen LogP contribution in [-0.2, 0) is 13.6 Å². The summed E-state index contributed by atoms with van der Waals surface area (Å²) in [5.41, 5.74) is 0.505. The molecule has 0 aliphatic rings. The zero-order valence-corrected chi connectivity index (χ0v) is 13.0. The van der Waals surface area contributed by atoms with Crippen molar-refractivity contribution >= 4 is 0 Å². The summed E-state index contributed by atoms with van der Waals surface area (Å²) in [7, 11) is 1.91. The first kappa shape index (κ1) is 15.2. The molecule has 1 aromatic heterocycles. The Morgan fingerprint density at radius 2 is 1.78 bits per heavy atom. The Hall–Kier alpha value is -0.900. The van der Waals surface area contributed by atoms with Crippen molar-refractivity contribution in [2.45, 2.75) is 60.0 Å². The van der Waals surface area contributed by atoms with Gasteiger partial charge in [0.15, 0.2) is 5.82 Å². The molecule has 0 spiro atoms. The standard InChI is InChI=1S/C14H28N4/c1-13(2,3)8-9-18(14(4,5)6)10-12-15-11-17(7)16-12/h11H,8-10H2,1-7H3. The molecule has 0 saturated heterocycles. The Morgan fingerprint density at radius 1 is 1.17 bits per heavy atom. The minimum atomic E-state index is 0.143. The Labute approximate surface area is 111 Å². The van der Waals surface area contributed by atoms with Gasteiger partial charge in [-0.1, -0.05) is 20.8 Å². The number of rotatable bonds is 4. The van der Waals surface area contributed by atoms with Gasteiger partial charge in [0, 0.05) is 12.6 Å². The Balaban J connectivity index is 2.68. The molecule has 0 fully saturated rings. The van der Waals surface area contributed by atoms with Crippen LogP contribution in [0.1, 0.15) is 53.8 Å². The molecule has 1 heterocycles. The maximum atomic E-state index is 4.37.